The number of nitrogens with one attached hydrogen (secondary N) is 1. The van der Waals surface area contributed by atoms with Crippen molar-refractivity contribution in [3.05, 3.63) is 18.2 Å². The molecule has 0 saturated carbocycles. The highest BCUT2D eigenvalue weighted by Gasteiger charge is 2.27. The van der Waals surface area contributed by atoms with Gasteiger partial charge in [-0.15, -0.1) is 0 Å². The molecule has 2 rings (SSSR count). The van der Waals surface area contributed by atoms with Gasteiger partial charge in [-0.2, -0.15) is 0 Å². The first kappa shape index (κ1) is 16.5. The smallest absolute Gasteiger partial charge is 0.214 e. The largest absolute Gasteiger partial charge is 0.334 e. The Bertz CT molecular complexity index is 533. The third-order valence-corrected chi connectivity index (χ3v) is 6.08. The standard InChI is InChI=1S/C14H26N4O2S/c1-3-11-21(19,20)18-8-5-13(6-9-18)16-12-14-15-7-10-17(14)4-2/h7,10,13,16H,3-6,8-9,11-12H2,1-2H3. The van der Waals surface area contributed by atoms with Gasteiger partial charge in [0, 0.05) is 38.1 Å². The lowest BCUT2D eigenvalue weighted by Crippen LogP contribution is -2.45. The van der Waals surface area contributed by atoms with Crippen LogP contribution in [0.3, 0.4) is 0 Å². The van der Waals surface area contributed by atoms with E-state index in [-0.39, 0.29) is 5.75 Å². The average molecular weight is 314 g/mol. The van der Waals surface area contributed by atoms with Gasteiger partial charge < -0.3 is 9.88 Å². The quantitative estimate of drug-likeness (QED) is 0.821. The van der Waals surface area contributed by atoms with E-state index in [4.69, 9.17) is 0 Å². The van der Waals surface area contributed by atoms with Crippen molar-refractivity contribution >= 4 is 10.0 Å². The van der Waals surface area contributed by atoms with Gasteiger partial charge in [0.05, 0.1) is 12.3 Å². The van der Waals surface area contributed by atoms with E-state index in [9.17, 15) is 8.42 Å². The Kier molecular flexibility index (Phi) is 5.78. The van der Waals surface area contributed by atoms with Gasteiger partial charge in [-0.25, -0.2) is 17.7 Å². The van der Waals surface area contributed by atoms with Crippen molar-refractivity contribution in [3.8, 4) is 0 Å². The molecule has 120 valence electrons. The van der Waals surface area contributed by atoms with Gasteiger partial charge >= 0.3 is 0 Å². The van der Waals surface area contributed by atoms with Crippen LogP contribution < -0.4 is 5.32 Å². The number of nitrogens with zero attached hydrogens (tertiary/aromatic N) is 3. The Morgan fingerprint density at radius 3 is 2.67 bits per heavy atom. The molecule has 2 heterocycles. The van der Waals surface area contributed by atoms with E-state index in [1.165, 1.54) is 0 Å². The molecule has 1 fully saturated rings. The Morgan fingerprint density at radius 2 is 2.05 bits per heavy atom. The molecule has 0 bridgehead atoms. The van der Waals surface area contributed by atoms with E-state index in [1.54, 1.807) is 4.31 Å². The van der Waals surface area contributed by atoms with Crippen LogP contribution in [0, 0.1) is 0 Å². The first-order valence-electron chi connectivity index (χ1n) is 7.78. The van der Waals surface area contributed by atoms with Crippen molar-refractivity contribution in [1.82, 2.24) is 19.2 Å². The molecule has 0 aliphatic carbocycles. The molecular formula is C14H26N4O2S. The van der Waals surface area contributed by atoms with E-state index < -0.39 is 10.0 Å². The molecule has 1 saturated heterocycles. The minimum absolute atomic E-state index is 0.263. The van der Waals surface area contributed by atoms with Crippen LogP contribution >= 0.6 is 0 Å². The van der Waals surface area contributed by atoms with Gasteiger partial charge in [0.25, 0.3) is 0 Å². The Morgan fingerprint density at radius 1 is 1.33 bits per heavy atom. The molecule has 0 spiro atoms. The fraction of sp³-hybridized carbons (Fsp3) is 0.786. The zero-order valence-electron chi connectivity index (χ0n) is 13.0. The Balaban J connectivity index is 1.79. The molecule has 0 radical (unpaired) electrons. The summed E-state index contributed by atoms with van der Waals surface area (Å²) in [5.74, 6) is 1.30. The molecule has 0 atom stereocenters. The molecule has 1 aromatic rings. The monoisotopic (exact) mass is 314 g/mol. The number of aryl methyl sites for hydroxylation is 1. The second-order valence-electron chi connectivity index (χ2n) is 5.50. The van der Waals surface area contributed by atoms with Gasteiger partial charge in [-0.1, -0.05) is 6.92 Å². The van der Waals surface area contributed by atoms with Crippen molar-refractivity contribution in [1.29, 1.82) is 0 Å². The fourth-order valence-electron chi connectivity index (χ4n) is 2.76. The lowest BCUT2D eigenvalue weighted by Gasteiger charge is -2.31. The summed E-state index contributed by atoms with van der Waals surface area (Å²) >= 11 is 0. The van der Waals surface area contributed by atoms with Gasteiger partial charge in [0.2, 0.25) is 10.0 Å². The molecule has 1 aliphatic rings. The first-order chi connectivity index (χ1) is 10.1. The van der Waals surface area contributed by atoms with Gasteiger partial charge in [-0.3, -0.25) is 0 Å². The van der Waals surface area contributed by atoms with E-state index in [0.29, 0.717) is 25.6 Å². The van der Waals surface area contributed by atoms with Crippen molar-refractivity contribution < 1.29 is 8.42 Å². The summed E-state index contributed by atoms with van der Waals surface area (Å²) in [5.41, 5.74) is 0. The number of hydrogen-bond donors (Lipinski definition) is 1. The summed E-state index contributed by atoms with van der Waals surface area (Å²) in [4.78, 5) is 4.34. The Labute approximate surface area is 127 Å². The van der Waals surface area contributed by atoms with Crippen LogP contribution in [0.25, 0.3) is 0 Å². The van der Waals surface area contributed by atoms with E-state index in [1.807, 2.05) is 19.3 Å². The summed E-state index contributed by atoms with van der Waals surface area (Å²) < 4.78 is 27.8. The minimum atomic E-state index is -3.04. The average Bonchev–Trinajstić information content (AvgIpc) is 2.93. The number of rotatable bonds is 7. The molecule has 21 heavy (non-hydrogen) atoms. The van der Waals surface area contributed by atoms with Gasteiger partial charge in [0.15, 0.2) is 0 Å². The van der Waals surface area contributed by atoms with E-state index in [0.717, 1.165) is 31.8 Å². The second kappa shape index (κ2) is 7.38. The lowest BCUT2D eigenvalue weighted by atomic mass is 10.1. The number of sulfonamides is 1. The molecule has 1 aliphatic heterocycles. The van der Waals surface area contributed by atoms with Crippen LogP contribution in [-0.4, -0.2) is 47.2 Å². The first-order valence-corrected chi connectivity index (χ1v) is 9.39. The van der Waals surface area contributed by atoms with Crippen LogP contribution in [0.15, 0.2) is 12.4 Å². The van der Waals surface area contributed by atoms with Crippen molar-refractivity contribution in [2.45, 2.75) is 52.2 Å². The highest BCUT2D eigenvalue weighted by molar-refractivity contribution is 7.89. The predicted octanol–water partition coefficient (Wildman–Crippen LogP) is 1.20. The van der Waals surface area contributed by atoms with Gasteiger partial charge in [0.1, 0.15) is 5.82 Å². The van der Waals surface area contributed by atoms with Crippen LogP contribution in [0.5, 0.6) is 0 Å². The zero-order valence-corrected chi connectivity index (χ0v) is 13.8. The summed E-state index contributed by atoms with van der Waals surface area (Å²) in [6.07, 6.45) is 6.23. The molecule has 0 aromatic carbocycles. The van der Waals surface area contributed by atoms with Crippen LogP contribution in [0.1, 0.15) is 38.9 Å². The summed E-state index contributed by atoms with van der Waals surface area (Å²) in [6, 6.07) is 0.375. The predicted molar refractivity (Wildman–Crippen MR) is 83.4 cm³/mol. The molecule has 6 nitrogen and oxygen atoms in total. The fourth-order valence-corrected chi connectivity index (χ4v) is 4.30. The molecular weight excluding hydrogens is 288 g/mol. The maximum Gasteiger partial charge on any atom is 0.214 e. The van der Waals surface area contributed by atoms with Crippen LogP contribution in [-0.2, 0) is 23.1 Å². The maximum atomic E-state index is 12.0. The summed E-state index contributed by atoms with van der Waals surface area (Å²) in [5, 5.41) is 3.50. The molecule has 1 N–H and O–H groups in total. The summed E-state index contributed by atoms with van der Waals surface area (Å²) in [7, 11) is -3.04. The number of piperidine rings is 1. The van der Waals surface area contributed by atoms with Gasteiger partial charge in [-0.05, 0) is 26.2 Å². The Hall–Kier alpha value is -0.920. The SMILES string of the molecule is CCCS(=O)(=O)N1CCC(NCc2nccn2CC)CC1. The highest BCUT2D eigenvalue weighted by Crippen LogP contribution is 2.15. The third kappa shape index (κ3) is 4.28. The highest BCUT2D eigenvalue weighted by atomic mass is 32.2. The maximum absolute atomic E-state index is 12.0. The topological polar surface area (TPSA) is 67.2 Å². The van der Waals surface area contributed by atoms with Crippen molar-refractivity contribution in [2.24, 2.45) is 0 Å². The normalized spacial score (nSPS) is 18.2. The van der Waals surface area contributed by atoms with Crippen LogP contribution in [0.2, 0.25) is 0 Å². The molecule has 0 unspecified atom stereocenters. The summed E-state index contributed by atoms with van der Waals surface area (Å²) in [6.45, 7) is 6.92. The molecule has 0 amide bonds. The van der Waals surface area contributed by atoms with E-state index >= 15 is 0 Å². The zero-order chi connectivity index (χ0) is 15.3. The molecule has 7 heteroatoms. The second-order valence-corrected chi connectivity index (χ2v) is 7.59. The minimum Gasteiger partial charge on any atom is -0.334 e. The third-order valence-electron chi connectivity index (χ3n) is 4.00. The number of aromatic nitrogens is 2. The van der Waals surface area contributed by atoms with Crippen molar-refractivity contribution in [2.75, 3.05) is 18.8 Å². The van der Waals surface area contributed by atoms with Crippen molar-refractivity contribution in [3.63, 3.8) is 0 Å². The van der Waals surface area contributed by atoms with Crippen LogP contribution in [0.4, 0.5) is 0 Å². The molecule has 1 aromatic heterocycles. The van der Waals surface area contributed by atoms with E-state index in [2.05, 4.69) is 21.8 Å². The number of imidazole rings is 1. The number of hydrogen-bond acceptors (Lipinski definition) is 4. The lowest BCUT2D eigenvalue weighted by molar-refractivity contribution is 0.286.